The van der Waals surface area contributed by atoms with E-state index < -0.39 is 18.6 Å². The van der Waals surface area contributed by atoms with E-state index in [-0.39, 0.29) is 24.5 Å². The highest BCUT2D eigenvalue weighted by molar-refractivity contribution is 6.63. The van der Waals surface area contributed by atoms with Gasteiger partial charge >= 0.3 is 13.1 Å². The summed E-state index contributed by atoms with van der Waals surface area (Å²) in [4.78, 5) is 12.0. The van der Waals surface area contributed by atoms with Crippen molar-refractivity contribution in [3.8, 4) is 11.8 Å². The minimum Gasteiger partial charge on any atom is -0.490 e. The molecule has 0 aromatic heterocycles. The fourth-order valence-corrected chi connectivity index (χ4v) is 2.00. The molecule has 1 unspecified atom stereocenters. The summed E-state index contributed by atoms with van der Waals surface area (Å²) in [5.74, 6) is -0.459. The predicted octanol–water partition coefficient (Wildman–Crippen LogP) is -0.689. The number of methoxy groups -OCH3 is 1. The molecule has 1 aliphatic heterocycles. The number of fused-ring (bicyclic) bond motifs is 1. The van der Waals surface area contributed by atoms with Gasteiger partial charge in [0, 0.05) is 5.46 Å². The maximum Gasteiger partial charge on any atom is 0.492 e. The second kappa shape index (κ2) is 5.73. The van der Waals surface area contributed by atoms with Gasteiger partial charge in [0.1, 0.15) is 23.5 Å². The SMILES string of the molecule is COC(=O)c1c(OCC(C)(N)C#N)ccc2c1B(O)OC2. The molecule has 110 valence electrons. The molecule has 0 fully saturated rings. The van der Waals surface area contributed by atoms with E-state index in [1.54, 1.807) is 12.1 Å². The molecule has 21 heavy (non-hydrogen) atoms. The Bertz CT molecular complexity index is 611. The summed E-state index contributed by atoms with van der Waals surface area (Å²) in [5.41, 5.74) is 5.60. The number of nitrogens with two attached hydrogens (primary N) is 1. The van der Waals surface area contributed by atoms with Gasteiger partial charge in [0.15, 0.2) is 0 Å². The third-order valence-corrected chi connectivity index (χ3v) is 3.11. The van der Waals surface area contributed by atoms with Crippen molar-refractivity contribution in [2.24, 2.45) is 5.73 Å². The monoisotopic (exact) mass is 290 g/mol. The first kappa shape index (κ1) is 15.3. The second-order valence-electron chi connectivity index (χ2n) is 4.98. The van der Waals surface area contributed by atoms with Crippen LogP contribution in [0.15, 0.2) is 12.1 Å². The third-order valence-electron chi connectivity index (χ3n) is 3.11. The lowest BCUT2D eigenvalue weighted by molar-refractivity contribution is 0.0596. The molecule has 1 aromatic carbocycles. The Morgan fingerprint density at radius 1 is 1.67 bits per heavy atom. The average Bonchev–Trinajstić information content (AvgIpc) is 2.85. The number of nitrogens with zero attached hydrogens (tertiary/aromatic N) is 1. The standard InChI is InChI=1S/C13H15BN2O5/c1-13(16,6-15)7-20-9-4-3-8-5-21-14(18)11(8)10(9)12(17)19-2/h3-4,18H,5,7,16H2,1-2H3. The Kier molecular flexibility index (Phi) is 4.18. The molecule has 3 N–H and O–H groups in total. The van der Waals surface area contributed by atoms with Crippen molar-refractivity contribution in [2.75, 3.05) is 13.7 Å². The molecule has 0 radical (unpaired) electrons. The van der Waals surface area contributed by atoms with Gasteiger partial charge in [-0.1, -0.05) is 6.07 Å². The molecule has 2 rings (SSSR count). The van der Waals surface area contributed by atoms with Crippen LogP contribution >= 0.6 is 0 Å². The molecular formula is C13H15BN2O5. The van der Waals surface area contributed by atoms with Crippen LogP contribution in [0.2, 0.25) is 0 Å². The quantitative estimate of drug-likeness (QED) is 0.557. The van der Waals surface area contributed by atoms with E-state index in [4.69, 9.17) is 25.1 Å². The fourth-order valence-electron chi connectivity index (χ4n) is 2.00. The number of esters is 1. The predicted molar refractivity (Wildman–Crippen MR) is 73.9 cm³/mol. The third kappa shape index (κ3) is 3.00. The number of hydrogen-bond donors (Lipinski definition) is 2. The van der Waals surface area contributed by atoms with Crippen LogP contribution < -0.4 is 15.9 Å². The summed E-state index contributed by atoms with van der Waals surface area (Å²) in [6.45, 7) is 1.60. The van der Waals surface area contributed by atoms with E-state index in [9.17, 15) is 9.82 Å². The largest absolute Gasteiger partial charge is 0.492 e. The average molecular weight is 290 g/mol. The highest BCUT2D eigenvalue weighted by atomic mass is 16.5. The first-order valence-corrected chi connectivity index (χ1v) is 6.26. The molecule has 0 bridgehead atoms. The summed E-state index contributed by atoms with van der Waals surface area (Å²) < 4.78 is 15.3. The number of rotatable bonds is 4. The van der Waals surface area contributed by atoms with E-state index in [0.29, 0.717) is 11.0 Å². The van der Waals surface area contributed by atoms with Gasteiger partial charge in [0.05, 0.1) is 19.8 Å². The van der Waals surface area contributed by atoms with E-state index >= 15 is 0 Å². The number of nitriles is 1. The molecule has 8 heteroatoms. The normalized spacial score (nSPS) is 15.9. The molecule has 0 saturated heterocycles. The van der Waals surface area contributed by atoms with Crippen molar-refractivity contribution in [1.29, 1.82) is 5.26 Å². The van der Waals surface area contributed by atoms with Crippen LogP contribution in [0.4, 0.5) is 0 Å². The van der Waals surface area contributed by atoms with Crippen molar-refractivity contribution in [3.63, 3.8) is 0 Å². The number of carbonyl (C=O) groups is 1. The van der Waals surface area contributed by atoms with Crippen molar-refractivity contribution in [1.82, 2.24) is 0 Å². The Morgan fingerprint density at radius 3 is 3.00 bits per heavy atom. The van der Waals surface area contributed by atoms with Crippen molar-refractivity contribution < 1.29 is 23.9 Å². The zero-order chi connectivity index (χ0) is 15.6. The second-order valence-corrected chi connectivity index (χ2v) is 4.98. The van der Waals surface area contributed by atoms with Gasteiger partial charge in [-0.3, -0.25) is 0 Å². The molecule has 0 saturated carbocycles. The zero-order valence-electron chi connectivity index (χ0n) is 11.8. The van der Waals surface area contributed by atoms with Crippen molar-refractivity contribution in [3.05, 3.63) is 23.3 Å². The molecule has 7 nitrogen and oxygen atoms in total. The number of hydrogen-bond acceptors (Lipinski definition) is 7. The molecule has 0 aliphatic carbocycles. The minimum atomic E-state index is -1.21. The summed E-state index contributed by atoms with van der Waals surface area (Å²) in [6.07, 6.45) is 0. The van der Waals surface area contributed by atoms with Crippen LogP contribution in [-0.2, 0) is 16.0 Å². The van der Waals surface area contributed by atoms with Crippen LogP contribution in [0.25, 0.3) is 0 Å². The van der Waals surface area contributed by atoms with Gasteiger partial charge in [0.2, 0.25) is 0 Å². The van der Waals surface area contributed by atoms with E-state index in [0.717, 1.165) is 0 Å². The number of benzene rings is 1. The van der Waals surface area contributed by atoms with Gasteiger partial charge in [-0.05, 0) is 18.6 Å². The number of carbonyl (C=O) groups excluding carboxylic acids is 1. The molecule has 1 heterocycles. The van der Waals surface area contributed by atoms with Crippen molar-refractivity contribution in [2.45, 2.75) is 19.1 Å². The van der Waals surface area contributed by atoms with Crippen LogP contribution in [0.1, 0.15) is 22.8 Å². The molecule has 0 amide bonds. The first-order valence-electron chi connectivity index (χ1n) is 6.26. The van der Waals surface area contributed by atoms with E-state index in [1.165, 1.54) is 14.0 Å². The van der Waals surface area contributed by atoms with Crippen LogP contribution in [0.3, 0.4) is 0 Å². The molecule has 1 atom stereocenters. The Labute approximate surface area is 122 Å². The lowest BCUT2D eigenvalue weighted by Gasteiger charge is -2.19. The molecule has 0 spiro atoms. The molecule has 1 aliphatic rings. The number of ether oxygens (including phenoxy) is 2. The maximum absolute atomic E-state index is 12.0. The van der Waals surface area contributed by atoms with Gasteiger partial charge in [-0.2, -0.15) is 5.26 Å². The Hall–Kier alpha value is -2.08. The lowest BCUT2D eigenvalue weighted by atomic mass is 9.76. The fraction of sp³-hybridized carbons (Fsp3) is 0.385. The Balaban J connectivity index is 2.40. The van der Waals surface area contributed by atoms with E-state index in [1.807, 2.05) is 6.07 Å². The van der Waals surface area contributed by atoms with Crippen molar-refractivity contribution >= 4 is 18.6 Å². The summed E-state index contributed by atoms with van der Waals surface area (Å²) in [6, 6.07) is 5.16. The van der Waals surface area contributed by atoms with Gasteiger partial charge in [-0.15, -0.1) is 0 Å². The Morgan fingerprint density at radius 2 is 2.38 bits per heavy atom. The van der Waals surface area contributed by atoms with Crippen LogP contribution in [0, 0.1) is 11.3 Å². The highest BCUT2D eigenvalue weighted by Gasteiger charge is 2.35. The minimum absolute atomic E-state index is 0.0914. The van der Waals surface area contributed by atoms with E-state index in [2.05, 4.69) is 0 Å². The van der Waals surface area contributed by atoms with Gasteiger partial charge in [-0.25, -0.2) is 4.79 Å². The van der Waals surface area contributed by atoms with Crippen LogP contribution in [-0.4, -0.2) is 37.4 Å². The van der Waals surface area contributed by atoms with Gasteiger partial charge < -0.3 is 24.9 Å². The first-order chi connectivity index (χ1) is 9.89. The highest BCUT2D eigenvalue weighted by Crippen LogP contribution is 2.24. The zero-order valence-corrected chi connectivity index (χ0v) is 11.8. The van der Waals surface area contributed by atoms with Crippen LogP contribution in [0.5, 0.6) is 5.75 Å². The maximum atomic E-state index is 12.0. The molecular weight excluding hydrogens is 275 g/mol. The molecule has 1 aromatic rings. The summed E-state index contributed by atoms with van der Waals surface area (Å²) >= 11 is 0. The smallest absolute Gasteiger partial charge is 0.490 e. The summed E-state index contributed by atoms with van der Waals surface area (Å²) in [5, 5.41) is 18.7. The topological polar surface area (TPSA) is 115 Å². The lowest BCUT2D eigenvalue weighted by Crippen LogP contribution is -2.41. The van der Waals surface area contributed by atoms with Gasteiger partial charge in [0.25, 0.3) is 0 Å². The summed E-state index contributed by atoms with van der Waals surface area (Å²) in [7, 11) is 0.0219.